The molecule has 2 amide bonds. The molecular formula is C18H27N3O2S. The Balaban J connectivity index is 1.41. The van der Waals surface area contributed by atoms with Gasteiger partial charge in [-0.15, -0.1) is 11.3 Å². The Kier molecular flexibility index (Phi) is 6.26. The van der Waals surface area contributed by atoms with Crippen LogP contribution in [-0.4, -0.2) is 54.3 Å². The van der Waals surface area contributed by atoms with Crippen molar-refractivity contribution in [2.45, 2.75) is 38.6 Å². The number of carbonyl (C=O) groups is 2. The number of amides is 2. The molecule has 0 atom stereocenters. The minimum absolute atomic E-state index is 0.0685. The van der Waals surface area contributed by atoms with Crippen LogP contribution in [0, 0.1) is 5.92 Å². The molecule has 1 aromatic rings. The van der Waals surface area contributed by atoms with Crippen LogP contribution in [0.5, 0.6) is 0 Å². The van der Waals surface area contributed by atoms with Gasteiger partial charge in [0.2, 0.25) is 11.8 Å². The van der Waals surface area contributed by atoms with E-state index >= 15 is 0 Å². The van der Waals surface area contributed by atoms with Crippen LogP contribution >= 0.6 is 11.3 Å². The maximum atomic E-state index is 12.5. The summed E-state index contributed by atoms with van der Waals surface area (Å²) < 4.78 is 0. The van der Waals surface area contributed by atoms with Crippen molar-refractivity contribution < 1.29 is 9.59 Å². The lowest BCUT2D eigenvalue weighted by Gasteiger charge is -2.24. The van der Waals surface area contributed by atoms with E-state index in [0.29, 0.717) is 19.0 Å². The second-order valence-electron chi connectivity index (χ2n) is 6.79. The van der Waals surface area contributed by atoms with Crippen LogP contribution < -0.4 is 5.32 Å². The third kappa shape index (κ3) is 4.80. The van der Waals surface area contributed by atoms with Crippen LogP contribution in [0.3, 0.4) is 0 Å². The van der Waals surface area contributed by atoms with Crippen molar-refractivity contribution in [3.8, 4) is 0 Å². The Morgan fingerprint density at radius 2 is 1.96 bits per heavy atom. The fraction of sp³-hybridized carbons (Fsp3) is 0.667. The first-order valence-electron chi connectivity index (χ1n) is 9.02. The summed E-state index contributed by atoms with van der Waals surface area (Å²) in [6.45, 7) is 4.31. The lowest BCUT2D eigenvalue weighted by Crippen LogP contribution is -2.40. The highest BCUT2D eigenvalue weighted by molar-refractivity contribution is 7.09. The van der Waals surface area contributed by atoms with Crippen LogP contribution in [0.4, 0.5) is 0 Å². The topological polar surface area (TPSA) is 52.7 Å². The van der Waals surface area contributed by atoms with E-state index in [4.69, 9.17) is 0 Å². The number of hydrogen-bond acceptors (Lipinski definition) is 4. The zero-order chi connectivity index (χ0) is 16.8. The van der Waals surface area contributed by atoms with Gasteiger partial charge in [-0.2, -0.15) is 0 Å². The first-order valence-corrected chi connectivity index (χ1v) is 9.90. The van der Waals surface area contributed by atoms with Crippen molar-refractivity contribution >= 4 is 23.2 Å². The van der Waals surface area contributed by atoms with Crippen LogP contribution in [0.25, 0.3) is 0 Å². The number of rotatable bonds is 5. The minimum Gasteiger partial charge on any atom is -0.350 e. The highest BCUT2D eigenvalue weighted by atomic mass is 32.1. The molecule has 3 rings (SSSR count). The molecule has 1 aliphatic heterocycles. The molecule has 2 fully saturated rings. The van der Waals surface area contributed by atoms with E-state index in [2.05, 4.69) is 10.2 Å². The second kappa shape index (κ2) is 8.62. The summed E-state index contributed by atoms with van der Waals surface area (Å²) in [4.78, 5) is 30.0. The molecular weight excluding hydrogens is 322 g/mol. The molecule has 1 aromatic heterocycles. The minimum atomic E-state index is 0.0685. The maximum Gasteiger partial charge on any atom is 0.234 e. The van der Waals surface area contributed by atoms with Crippen molar-refractivity contribution in [2.24, 2.45) is 5.92 Å². The first kappa shape index (κ1) is 17.4. The molecule has 132 valence electrons. The van der Waals surface area contributed by atoms with Gasteiger partial charge >= 0.3 is 0 Å². The largest absolute Gasteiger partial charge is 0.350 e. The maximum absolute atomic E-state index is 12.5. The Bertz CT molecular complexity index is 540. The Hall–Kier alpha value is -1.40. The van der Waals surface area contributed by atoms with Crippen LogP contribution in [0.2, 0.25) is 0 Å². The average Bonchev–Trinajstić information content (AvgIpc) is 3.24. The predicted octanol–water partition coefficient (Wildman–Crippen LogP) is 2.09. The lowest BCUT2D eigenvalue weighted by molar-refractivity contribution is -0.135. The number of nitrogens with one attached hydrogen (secondary N) is 1. The quantitative estimate of drug-likeness (QED) is 0.886. The summed E-state index contributed by atoms with van der Waals surface area (Å²) in [6, 6.07) is 4.03. The molecule has 1 aliphatic carbocycles. The van der Waals surface area contributed by atoms with Gasteiger partial charge in [-0.05, 0) is 30.7 Å². The number of hydrogen-bond donors (Lipinski definition) is 1. The molecule has 0 radical (unpaired) electrons. The highest BCUT2D eigenvalue weighted by Crippen LogP contribution is 2.26. The summed E-state index contributed by atoms with van der Waals surface area (Å²) in [6.07, 6.45) is 5.46. The van der Waals surface area contributed by atoms with E-state index in [9.17, 15) is 9.59 Å². The molecule has 0 unspecified atom stereocenters. The standard InChI is InChI=1S/C18H27N3O2S/c22-17(19-13-16-7-3-12-24-16)14-20-8-4-9-21(11-10-20)18(23)15-5-1-2-6-15/h3,7,12,15H,1-2,4-6,8-11,13-14H2,(H,19,22). The van der Waals surface area contributed by atoms with Gasteiger partial charge in [0.15, 0.2) is 0 Å². The van der Waals surface area contributed by atoms with Gasteiger partial charge in [0.05, 0.1) is 13.1 Å². The fourth-order valence-electron chi connectivity index (χ4n) is 3.64. The van der Waals surface area contributed by atoms with Gasteiger partial charge in [0.1, 0.15) is 0 Å². The van der Waals surface area contributed by atoms with Gasteiger partial charge < -0.3 is 10.2 Å². The van der Waals surface area contributed by atoms with Crippen LogP contribution in [0.1, 0.15) is 37.0 Å². The van der Waals surface area contributed by atoms with Crippen molar-refractivity contribution in [3.63, 3.8) is 0 Å². The zero-order valence-corrected chi connectivity index (χ0v) is 15.0. The van der Waals surface area contributed by atoms with Gasteiger partial charge in [-0.1, -0.05) is 18.9 Å². The molecule has 1 saturated heterocycles. The smallest absolute Gasteiger partial charge is 0.234 e. The Morgan fingerprint density at radius 3 is 2.71 bits per heavy atom. The van der Waals surface area contributed by atoms with E-state index in [1.165, 1.54) is 17.7 Å². The number of carbonyl (C=O) groups excluding carboxylic acids is 2. The Morgan fingerprint density at radius 1 is 1.12 bits per heavy atom. The van der Waals surface area contributed by atoms with Crippen molar-refractivity contribution in [2.75, 3.05) is 32.7 Å². The second-order valence-corrected chi connectivity index (χ2v) is 7.82. The summed E-state index contributed by atoms with van der Waals surface area (Å²) in [5.74, 6) is 0.668. The van der Waals surface area contributed by atoms with Crippen molar-refractivity contribution in [1.82, 2.24) is 15.1 Å². The van der Waals surface area contributed by atoms with E-state index in [-0.39, 0.29) is 11.8 Å². The van der Waals surface area contributed by atoms with Gasteiger partial charge in [-0.3, -0.25) is 14.5 Å². The average molecular weight is 350 g/mol. The monoisotopic (exact) mass is 349 g/mol. The van der Waals surface area contributed by atoms with Gasteiger partial charge in [0.25, 0.3) is 0 Å². The molecule has 1 saturated carbocycles. The van der Waals surface area contributed by atoms with E-state index in [1.54, 1.807) is 11.3 Å². The summed E-state index contributed by atoms with van der Waals surface area (Å²) in [5.41, 5.74) is 0. The predicted molar refractivity (Wildman–Crippen MR) is 95.8 cm³/mol. The molecule has 2 heterocycles. The third-order valence-corrected chi connectivity index (χ3v) is 5.89. The molecule has 0 aromatic carbocycles. The molecule has 24 heavy (non-hydrogen) atoms. The van der Waals surface area contributed by atoms with Gasteiger partial charge in [-0.25, -0.2) is 0 Å². The summed E-state index contributed by atoms with van der Waals surface area (Å²) in [5, 5.41) is 5.00. The molecule has 1 N–H and O–H groups in total. The van der Waals surface area contributed by atoms with E-state index in [1.807, 2.05) is 22.4 Å². The summed E-state index contributed by atoms with van der Waals surface area (Å²) in [7, 11) is 0. The normalized spacial score (nSPS) is 20.1. The third-order valence-electron chi connectivity index (χ3n) is 5.01. The molecule has 5 nitrogen and oxygen atoms in total. The van der Waals surface area contributed by atoms with Crippen LogP contribution in [0.15, 0.2) is 17.5 Å². The zero-order valence-electron chi connectivity index (χ0n) is 14.2. The van der Waals surface area contributed by atoms with E-state index < -0.39 is 0 Å². The summed E-state index contributed by atoms with van der Waals surface area (Å²) >= 11 is 1.66. The lowest BCUT2D eigenvalue weighted by atomic mass is 10.1. The number of nitrogens with zero attached hydrogens (tertiary/aromatic N) is 2. The Labute approximate surface area is 148 Å². The van der Waals surface area contributed by atoms with E-state index in [0.717, 1.165) is 45.4 Å². The molecule has 6 heteroatoms. The first-order chi connectivity index (χ1) is 11.7. The molecule has 0 spiro atoms. The van der Waals surface area contributed by atoms with Crippen molar-refractivity contribution in [3.05, 3.63) is 22.4 Å². The SMILES string of the molecule is O=C(CN1CCCN(C(=O)C2CCCC2)CC1)NCc1cccs1. The van der Waals surface area contributed by atoms with Gasteiger partial charge in [0, 0.05) is 37.0 Å². The number of thiophene rings is 1. The van der Waals surface area contributed by atoms with Crippen LogP contribution in [-0.2, 0) is 16.1 Å². The fourth-order valence-corrected chi connectivity index (χ4v) is 4.28. The molecule has 0 bridgehead atoms. The molecule has 2 aliphatic rings. The highest BCUT2D eigenvalue weighted by Gasteiger charge is 2.28. The van der Waals surface area contributed by atoms with Crippen molar-refractivity contribution in [1.29, 1.82) is 0 Å².